The van der Waals surface area contributed by atoms with Crippen LogP contribution in [0.1, 0.15) is 42.2 Å². The second-order valence-corrected chi connectivity index (χ2v) is 9.34. The van der Waals surface area contributed by atoms with E-state index in [1.165, 1.54) is 17.7 Å². The van der Waals surface area contributed by atoms with E-state index in [1.54, 1.807) is 17.4 Å². The minimum absolute atomic E-state index is 0.00952. The number of carbonyl (C=O) groups excluding carboxylic acids is 2. The second kappa shape index (κ2) is 10.7. The van der Waals surface area contributed by atoms with Crippen LogP contribution in [-0.2, 0) is 9.59 Å². The minimum Gasteiger partial charge on any atom is -0.354 e. The number of amides is 2. The van der Waals surface area contributed by atoms with Gasteiger partial charge in [0.25, 0.3) is 0 Å². The Kier molecular flexibility index (Phi) is 7.54. The predicted octanol–water partition coefficient (Wildman–Crippen LogP) is 3.95. The first kappa shape index (κ1) is 21.8. The van der Waals surface area contributed by atoms with Crippen LogP contribution in [0.25, 0.3) is 6.08 Å². The Morgan fingerprint density at radius 3 is 2.45 bits per heavy atom. The number of hydrogen-bond acceptors (Lipinski definition) is 4. The van der Waals surface area contributed by atoms with E-state index in [9.17, 15) is 9.59 Å². The molecule has 5 nitrogen and oxygen atoms in total. The van der Waals surface area contributed by atoms with E-state index in [-0.39, 0.29) is 23.8 Å². The van der Waals surface area contributed by atoms with Crippen molar-refractivity contribution in [3.8, 4) is 0 Å². The van der Waals surface area contributed by atoms with Crippen LogP contribution in [-0.4, -0.2) is 54.3 Å². The Balaban J connectivity index is 1.25. The van der Waals surface area contributed by atoms with Crippen molar-refractivity contribution in [1.29, 1.82) is 0 Å². The molecule has 1 N–H and O–H groups in total. The standard InChI is InChI=1S/C25H31N3O2S/c29-24(11-10-20-7-2-1-3-8-20)28-16-12-21(13-17-28)25(30)26-19-22(23-9-6-18-31-23)27-14-4-5-15-27/h1-3,6-11,18,21-22H,4-5,12-17,19H2,(H,26,30)/b11-10-/t22-/m0/s1. The van der Waals surface area contributed by atoms with Crippen molar-refractivity contribution < 1.29 is 9.59 Å². The molecule has 0 unspecified atom stereocenters. The number of rotatable bonds is 7. The fourth-order valence-corrected chi connectivity index (χ4v) is 5.35. The summed E-state index contributed by atoms with van der Waals surface area (Å²) in [5.41, 5.74) is 1.02. The fourth-order valence-electron chi connectivity index (χ4n) is 4.48. The lowest BCUT2D eigenvalue weighted by Crippen LogP contribution is -2.44. The van der Waals surface area contributed by atoms with E-state index in [4.69, 9.17) is 0 Å². The maximum Gasteiger partial charge on any atom is 0.246 e. The zero-order valence-corrected chi connectivity index (χ0v) is 18.7. The first-order valence-corrected chi connectivity index (χ1v) is 12.2. The number of carbonyl (C=O) groups is 2. The molecule has 0 spiro atoms. The van der Waals surface area contributed by atoms with Crippen molar-refractivity contribution in [2.45, 2.75) is 31.7 Å². The smallest absolute Gasteiger partial charge is 0.246 e. The summed E-state index contributed by atoms with van der Waals surface area (Å²) < 4.78 is 0. The quantitative estimate of drug-likeness (QED) is 0.668. The van der Waals surface area contributed by atoms with Gasteiger partial charge in [0.15, 0.2) is 0 Å². The molecule has 2 aliphatic rings. The first-order chi connectivity index (χ1) is 15.2. The molecule has 2 fully saturated rings. The Morgan fingerprint density at radius 2 is 1.77 bits per heavy atom. The molecule has 0 bridgehead atoms. The molecule has 2 saturated heterocycles. The lowest BCUT2D eigenvalue weighted by Gasteiger charge is -2.32. The zero-order valence-electron chi connectivity index (χ0n) is 17.9. The Labute approximate surface area is 188 Å². The highest BCUT2D eigenvalue weighted by molar-refractivity contribution is 7.10. The molecule has 31 heavy (non-hydrogen) atoms. The summed E-state index contributed by atoms with van der Waals surface area (Å²) in [4.78, 5) is 31.0. The van der Waals surface area contributed by atoms with Gasteiger partial charge in [-0.15, -0.1) is 11.3 Å². The fraction of sp³-hybridized carbons (Fsp3) is 0.440. The Hall–Kier alpha value is -2.44. The van der Waals surface area contributed by atoms with Crippen molar-refractivity contribution in [3.63, 3.8) is 0 Å². The average Bonchev–Trinajstić information content (AvgIpc) is 3.53. The SMILES string of the molecule is O=C(NC[C@@H](c1cccs1)N1CCCC1)C1CCN(C(=O)/C=C\c2ccccc2)CC1. The third kappa shape index (κ3) is 5.83. The molecule has 3 heterocycles. The summed E-state index contributed by atoms with van der Waals surface area (Å²) in [5.74, 6) is 0.145. The molecule has 1 aromatic carbocycles. The molecular weight excluding hydrogens is 406 g/mol. The highest BCUT2D eigenvalue weighted by atomic mass is 32.1. The van der Waals surface area contributed by atoms with Crippen molar-refractivity contribution in [2.24, 2.45) is 5.92 Å². The molecule has 0 aliphatic carbocycles. The number of nitrogens with zero attached hydrogens (tertiary/aromatic N) is 2. The van der Waals surface area contributed by atoms with Gasteiger partial charge in [-0.25, -0.2) is 0 Å². The average molecular weight is 438 g/mol. The van der Waals surface area contributed by atoms with Gasteiger partial charge >= 0.3 is 0 Å². The predicted molar refractivity (Wildman–Crippen MR) is 126 cm³/mol. The van der Waals surface area contributed by atoms with E-state index in [0.717, 1.165) is 31.5 Å². The number of thiophene rings is 1. The number of hydrogen-bond donors (Lipinski definition) is 1. The van der Waals surface area contributed by atoms with Crippen molar-refractivity contribution in [1.82, 2.24) is 15.1 Å². The number of benzene rings is 1. The zero-order chi connectivity index (χ0) is 21.5. The summed E-state index contributed by atoms with van der Waals surface area (Å²) >= 11 is 1.77. The highest BCUT2D eigenvalue weighted by Gasteiger charge is 2.29. The van der Waals surface area contributed by atoms with Crippen molar-refractivity contribution >= 4 is 29.2 Å². The van der Waals surface area contributed by atoms with Crippen LogP contribution in [0.2, 0.25) is 0 Å². The first-order valence-electron chi connectivity index (χ1n) is 11.3. The molecule has 6 heteroatoms. The van der Waals surface area contributed by atoms with Gasteiger partial charge in [-0.3, -0.25) is 14.5 Å². The van der Waals surface area contributed by atoms with Crippen LogP contribution >= 0.6 is 11.3 Å². The Bertz CT molecular complexity index is 867. The molecule has 1 atom stereocenters. The van der Waals surface area contributed by atoms with Gasteiger partial charge < -0.3 is 10.2 Å². The molecule has 2 aromatic rings. The van der Waals surface area contributed by atoms with Crippen molar-refractivity contribution in [2.75, 3.05) is 32.7 Å². The van der Waals surface area contributed by atoms with Crippen LogP contribution in [0.3, 0.4) is 0 Å². The maximum absolute atomic E-state index is 12.8. The van der Waals surface area contributed by atoms with Crippen LogP contribution in [0.15, 0.2) is 53.9 Å². The summed E-state index contributed by atoms with van der Waals surface area (Å²) in [7, 11) is 0. The third-order valence-electron chi connectivity index (χ3n) is 6.32. The van der Waals surface area contributed by atoms with Gasteiger partial charge in [-0.1, -0.05) is 36.4 Å². The van der Waals surface area contributed by atoms with Gasteiger partial charge in [-0.2, -0.15) is 0 Å². The van der Waals surface area contributed by atoms with Crippen LogP contribution in [0.5, 0.6) is 0 Å². The molecular formula is C25H31N3O2S. The highest BCUT2D eigenvalue weighted by Crippen LogP contribution is 2.28. The van der Waals surface area contributed by atoms with Gasteiger partial charge in [-0.05, 0) is 61.9 Å². The van der Waals surface area contributed by atoms with E-state index in [1.807, 2.05) is 41.3 Å². The van der Waals surface area contributed by atoms with Crippen LogP contribution < -0.4 is 5.32 Å². The number of likely N-dealkylation sites (tertiary alicyclic amines) is 2. The van der Waals surface area contributed by atoms with Gasteiger partial charge in [0.2, 0.25) is 11.8 Å². The molecule has 0 radical (unpaired) electrons. The summed E-state index contributed by atoms with van der Waals surface area (Å²) in [6.45, 7) is 4.15. The van der Waals surface area contributed by atoms with Crippen LogP contribution in [0, 0.1) is 5.92 Å². The van der Waals surface area contributed by atoms with Gasteiger partial charge in [0.05, 0.1) is 6.04 Å². The summed E-state index contributed by atoms with van der Waals surface area (Å²) in [6.07, 6.45) is 7.41. The summed E-state index contributed by atoms with van der Waals surface area (Å²) in [6, 6.07) is 14.4. The summed E-state index contributed by atoms with van der Waals surface area (Å²) in [5, 5.41) is 5.33. The molecule has 2 aliphatic heterocycles. The van der Waals surface area contributed by atoms with E-state index < -0.39 is 0 Å². The normalized spacial score (nSPS) is 19.0. The second-order valence-electron chi connectivity index (χ2n) is 8.36. The topological polar surface area (TPSA) is 52.7 Å². The molecule has 2 amide bonds. The minimum atomic E-state index is -0.00952. The monoisotopic (exact) mass is 437 g/mol. The lowest BCUT2D eigenvalue weighted by molar-refractivity contribution is -0.132. The van der Waals surface area contributed by atoms with E-state index >= 15 is 0 Å². The Morgan fingerprint density at radius 1 is 1.03 bits per heavy atom. The molecule has 1 aromatic heterocycles. The van der Waals surface area contributed by atoms with Gasteiger partial charge in [0.1, 0.15) is 0 Å². The van der Waals surface area contributed by atoms with E-state index in [0.29, 0.717) is 19.6 Å². The number of nitrogens with one attached hydrogen (secondary N) is 1. The van der Waals surface area contributed by atoms with Crippen molar-refractivity contribution in [3.05, 3.63) is 64.4 Å². The molecule has 0 saturated carbocycles. The maximum atomic E-state index is 12.8. The number of piperidine rings is 1. The molecule has 4 rings (SSSR count). The third-order valence-corrected chi connectivity index (χ3v) is 7.29. The largest absolute Gasteiger partial charge is 0.354 e. The van der Waals surface area contributed by atoms with E-state index in [2.05, 4.69) is 27.7 Å². The molecule has 164 valence electrons. The van der Waals surface area contributed by atoms with Crippen LogP contribution in [0.4, 0.5) is 0 Å². The lowest BCUT2D eigenvalue weighted by atomic mass is 9.95. The van der Waals surface area contributed by atoms with Gasteiger partial charge in [0, 0.05) is 36.5 Å².